The minimum atomic E-state index is -0.462. The quantitative estimate of drug-likeness (QED) is 0.738. The van der Waals surface area contributed by atoms with E-state index in [4.69, 9.17) is 4.74 Å². The SMILES string of the molecule is BrC[C@@]1(c2cccnc2)CN=C(c2ccc(Br)cc2)O1. The highest BCUT2D eigenvalue weighted by molar-refractivity contribution is 9.10. The second-order valence-electron chi connectivity index (χ2n) is 4.60. The molecule has 1 atom stereocenters. The topological polar surface area (TPSA) is 34.5 Å². The number of pyridine rings is 1. The number of hydrogen-bond donors (Lipinski definition) is 0. The molecule has 0 N–H and O–H groups in total. The van der Waals surface area contributed by atoms with Crippen LogP contribution in [-0.2, 0) is 10.3 Å². The van der Waals surface area contributed by atoms with Crippen molar-refractivity contribution < 1.29 is 4.74 Å². The van der Waals surface area contributed by atoms with Crippen molar-refractivity contribution in [2.75, 3.05) is 11.9 Å². The van der Waals surface area contributed by atoms with Gasteiger partial charge in [-0.2, -0.15) is 0 Å². The summed E-state index contributed by atoms with van der Waals surface area (Å²) < 4.78 is 7.20. The van der Waals surface area contributed by atoms with Crippen molar-refractivity contribution in [3.63, 3.8) is 0 Å². The summed E-state index contributed by atoms with van der Waals surface area (Å²) >= 11 is 6.98. The summed E-state index contributed by atoms with van der Waals surface area (Å²) in [6.45, 7) is 0.593. The first kappa shape index (κ1) is 13.8. The van der Waals surface area contributed by atoms with Gasteiger partial charge in [0.2, 0.25) is 5.90 Å². The van der Waals surface area contributed by atoms with Gasteiger partial charge in [-0.1, -0.05) is 37.9 Å². The molecule has 0 radical (unpaired) electrons. The molecule has 2 aromatic rings. The summed E-state index contributed by atoms with van der Waals surface area (Å²) in [5.74, 6) is 0.681. The summed E-state index contributed by atoms with van der Waals surface area (Å²) in [4.78, 5) is 8.73. The van der Waals surface area contributed by atoms with E-state index in [0.717, 1.165) is 15.6 Å². The summed E-state index contributed by atoms with van der Waals surface area (Å²) in [5.41, 5.74) is 1.56. The molecule has 0 spiro atoms. The maximum Gasteiger partial charge on any atom is 0.217 e. The zero-order valence-corrected chi connectivity index (χ0v) is 13.8. The number of aliphatic imine (C=N–C) groups is 1. The molecule has 3 nitrogen and oxygen atoms in total. The zero-order chi connectivity index (χ0) is 14.0. The maximum atomic E-state index is 6.16. The van der Waals surface area contributed by atoms with Crippen molar-refractivity contribution in [2.24, 2.45) is 4.99 Å². The molecule has 0 aliphatic carbocycles. The Hall–Kier alpha value is -1.20. The Balaban J connectivity index is 1.88. The Morgan fingerprint density at radius 1 is 1.20 bits per heavy atom. The van der Waals surface area contributed by atoms with Crippen molar-refractivity contribution in [1.29, 1.82) is 0 Å². The first-order valence-electron chi connectivity index (χ1n) is 6.19. The number of aromatic nitrogens is 1. The van der Waals surface area contributed by atoms with Gasteiger partial charge in [-0.3, -0.25) is 4.98 Å². The Morgan fingerprint density at radius 2 is 2.00 bits per heavy atom. The van der Waals surface area contributed by atoms with E-state index in [1.165, 1.54) is 0 Å². The average molecular weight is 396 g/mol. The van der Waals surface area contributed by atoms with Crippen LogP contribution in [0.4, 0.5) is 0 Å². The van der Waals surface area contributed by atoms with Crippen LogP contribution < -0.4 is 0 Å². The molecule has 1 aromatic heterocycles. The third-order valence-electron chi connectivity index (χ3n) is 3.26. The minimum absolute atomic E-state index is 0.462. The molecule has 5 heteroatoms. The zero-order valence-electron chi connectivity index (χ0n) is 10.6. The molecule has 0 saturated heterocycles. The second-order valence-corrected chi connectivity index (χ2v) is 6.08. The number of ether oxygens (including phenoxy) is 1. The molecular formula is C15H12Br2N2O. The highest BCUT2D eigenvalue weighted by Gasteiger charge is 2.39. The molecular weight excluding hydrogens is 384 g/mol. The largest absolute Gasteiger partial charge is 0.463 e. The fraction of sp³-hybridized carbons (Fsp3) is 0.200. The van der Waals surface area contributed by atoms with E-state index in [2.05, 4.69) is 41.8 Å². The van der Waals surface area contributed by atoms with Gasteiger partial charge < -0.3 is 4.74 Å². The molecule has 0 amide bonds. The Bertz CT molecular complexity index is 628. The van der Waals surface area contributed by atoms with Crippen LogP contribution in [0.2, 0.25) is 0 Å². The molecule has 3 rings (SSSR count). The molecule has 102 valence electrons. The van der Waals surface area contributed by atoms with Crippen LogP contribution in [-0.4, -0.2) is 22.8 Å². The van der Waals surface area contributed by atoms with E-state index in [0.29, 0.717) is 17.8 Å². The Morgan fingerprint density at radius 3 is 2.65 bits per heavy atom. The number of halogens is 2. The van der Waals surface area contributed by atoms with E-state index >= 15 is 0 Å². The van der Waals surface area contributed by atoms with Gasteiger partial charge in [-0.25, -0.2) is 4.99 Å². The normalized spacial score (nSPS) is 21.4. The molecule has 0 fully saturated rings. The summed E-state index contributed by atoms with van der Waals surface area (Å²) in [6.07, 6.45) is 3.60. The fourth-order valence-corrected chi connectivity index (χ4v) is 3.00. The lowest BCUT2D eigenvalue weighted by Gasteiger charge is -2.26. The summed E-state index contributed by atoms with van der Waals surface area (Å²) in [6, 6.07) is 11.9. The Labute approximate surface area is 134 Å². The van der Waals surface area contributed by atoms with Gasteiger partial charge in [0.1, 0.15) is 0 Å². The van der Waals surface area contributed by atoms with Crippen molar-refractivity contribution in [2.45, 2.75) is 5.60 Å². The Kier molecular flexibility index (Phi) is 3.89. The number of hydrogen-bond acceptors (Lipinski definition) is 3. The van der Waals surface area contributed by atoms with Crippen molar-refractivity contribution in [1.82, 2.24) is 4.98 Å². The van der Waals surface area contributed by atoms with Gasteiger partial charge in [0.25, 0.3) is 0 Å². The monoisotopic (exact) mass is 394 g/mol. The van der Waals surface area contributed by atoms with E-state index in [1.807, 2.05) is 42.6 Å². The third-order valence-corrected chi connectivity index (χ3v) is 4.70. The fourth-order valence-electron chi connectivity index (χ4n) is 2.12. The second kappa shape index (κ2) is 5.66. The predicted octanol–water partition coefficient (Wildman–Crippen LogP) is 3.91. The minimum Gasteiger partial charge on any atom is -0.463 e. The molecule has 1 aromatic carbocycles. The summed E-state index contributed by atoms with van der Waals surface area (Å²) in [5, 5.41) is 0.676. The lowest BCUT2D eigenvalue weighted by Crippen LogP contribution is -2.32. The van der Waals surface area contributed by atoms with Crippen LogP contribution in [0.3, 0.4) is 0 Å². The highest BCUT2D eigenvalue weighted by Crippen LogP contribution is 2.34. The van der Waals surface area contributed by atoms with Gasteiger partial charge in [0, 0.05) is 33.3 Å². The summed E-state index contributed by atoms with van der Waals surface area (Å²) in [7, 11) is 0. The number of nitrogens with zero attached hydrogens (tertiary/aromatic N) is 2. The molecule has 20 heavy (non-hydrogen) atoms. The lowest BCUT2D eigenvalue weighted by molar-refractivity contribution is 0.115. The van der Waals surface area contributed by atoms with Gasteiger partial charge in [0.15, 0.2) is 5.60 Å². The van der Waals surface area contributed by atoms with Crippen molar-refractivity contribution >= 4 is 37.8 Å². The van der Waals surface area contributed by atoms with Crippen LogP contribution in [0, 0.1) is 0 Å². The lowest BCUT2D eigenvalue weighted by atomic mass is 9.98. The van der Waals surface area contributed by atoms with Crippen LogP contribution >= 0.6 is 31.9 Å². The number of benzene rings is 1. The van der Waals surface area contributed by atoms with E-state index < -0.39 is 5.60 Å². The first-order valence-corrected chi connectivity index (χ1v) is 8.11. The van der Waals surface area contributed by atoms with Crippen LogP contribution in [0.15, 0.2) is 58.3 Å². The molecule has 2 heterocycles. The molecule has 0 bridgehead atoms. The van der Waals surface area contributed by atoms with Gasteiger partial charge in [-0.05, 0) is 30.3 Å². The standard InChI is InChI=1S/C15H12Br2N2O/c16-9-15(12-2-1-7-18-8-12)10-19-14(20-15)11-3-5-13(17)6-4-11/h1-8H,9-10H2/t15-/m0/s1. The highest BCUT2D eigenvalue weighted by atomic mass is 79.9. The van der Waals surface area contributed by atoms with Crippen molar-refractivity contribution in [3.05, 3.63) is 64.4 Å². The smallest absolute Gasteiger partial charge is 0.217 e. The molecule has 0 unspecified atom stereocenters. The van der Waals surface area contributed by atoms with Crippen molar-refractivity contribution in [3.8, 4) is 0 Å². The van der Waals surface area contributed by atoms with Crippen LogP contribution in [0.1, 0.15) is 11.1 Å². The van der Waals surface area contributed by atoms with E-state index in [-0.39, 0.29) is 0 Å². The number of alkyl halides is 1. The maximum absolute atomic E-state index is 6.16. The van der Waals surface area contributed by atoms with Gasteiger partial charge >= 0.3 is 0 Å². The number of rotatable bonds is 3. The van der Waals surface area contributed by atoms with Crippen LogP contribution in [0.5, 0.6) is 0 Å². The molecule has 1 aliphatic heterocycles. The van der Waals surface area contributed by atoms with Gasteiger partial charge in [0.05, 0.1) is 6.54 Å². The van der Waals surface area contributed by atoms with E-state index in [9.17, 15) is 0 Å². The average Bonchev–Trinajstić information content (AvgIpc) is 2.95. The third kappa shape index (κ3) is 2.52. The first-order chi connectivity index (χ1) is 9.73. The molecule has 0 saturated carbocycles. The van der Waals surface area contributed by atoms with Crippen LogP contribution in [0.25, 0.3) is 0 Å². The molecule has 1 aliphatic rings. The predicted molar refractivity (Wildman–Crippen MR) is 86.3 cm³/mol. The van der Waals surface area contributed by atoms with Gasteiger partial charge in [-0.15, -0.1) is 0 Å². The van der Waals surface area contributed by atoms with E-state index in [1.54, 1.807) is 6.20 Å².